The van der Waals surface area contributed by atoms with Crippen molar-refractivity contribution in [2.75, 3.05) is 6.54 Å². The minimum atomic E-state index is -0.484. The summed E-state index contributed by atoms with van der Waals surface area (Å²) in [4.78, 5) is 50.8. The zero-order valence-electron chi connectivity index (χ0n) is 19.8. The van der Waals surface area contributed by atoms with Gasteiger partial charge in [-0.3, -0.25) is 23.5 Å². The maximum absolute atomic E-state index is 13.2. The number of nitrogens with zero attached hydrogens (tertiary/aromatic N) is 2. The van der Waals surface area contributed by atoms with Crippen LogP contribution in [-0.4, -0.2) is 33.5 Å². The Balaban J connectivity index is 1.72. The van der Waals surface area contributed by atoms with Crippen LogP contribution in [0, 0.1) is 5.92 Å². The Labute approximate surface area is 194 Å². The number of amides is 2. The van der Waals surface area contributed by atoms with E-state index in [4.69, 9.17) is 0 Å². The van der Waals surface area contributed by atoms with Gasteiger partial charge in [-0.25, -0.2) is 4.79 Å². The Kier molecular flexibility index (Phi) is 8.86. The van der Waals surface area contributed by atoms with E-state index in [-0.39, 0.29) is 36.5 Å². The number of rotatable bonds is 10. The van der Waals surface area contributed by atoms with Gasteiger partial charge in [-0.15, -0.1) is 0 Å². The van der Waals surface area contributed by atoms with Gasteiger partial charge in [0.1, 0.15) is 6.54 Å². The molecule has 8 nitrogen and oxygen atoms in total. The van der Waals surface area contributed by atoms with Crippen molar-refractivity contribution in [3.05, 3.63) is 45.1 Å². The van der Waals surface area contributed by atoms with Crippen molar-refractivity contribution < 1.29 is 9.59 Å². The van der Waals surface area contributed by atoms with Gasteiger partial charge in [0.15, 0.2) is 0 Å². The fourth-order valence-electron chi connectivity index (χ4n) is 4.35. The molecule has 1 aromatic carbocycles. The van der Waals surface area contributed by atoms with E-state index in [2.05, 4.69) is 10.6 Å². The number of hydrogen-bond donors (Lipinski definition) is 2. The van der Waals surface area contributed by atoms with Crippen molar-refractivity contribution in [2.24, 2.45) is 5.92 Å². The zero-order valence-corrected chi connectivity index (χ0v) is 19.8. The molecule has 1 aliphatic rings. The quantitative estimate of drug-likeness (QED) is 0.537. The van der Waals surface area contributed by atoms with Crippen LogP contribution in [0.15, 0.2) is 33.9 Å². The summed E-state index contributed by atoms with van der Waals surface area (Å²) in [7, 11) is 0. The Morgan fingerprint density at radius 2 is 1.73 bits per heavy atom. The van der Waals surface area contributed by atoms with Crippen molar-refractivity contribution in [1.82, 2.24) is 19.8 Å². The maximum atomic E-state index is 13.2. The van der Waals surface area contributed by atoms with E-state index in [1.165, 1.54) is 15.6 Å². The molecule has 0 atom stereocenters. The van der Waals surface area contributed by atoms with E-state index in [9.17, 15) is 19.2 Å². The summed E-state index contributed by atoms with van der Waals surface area (Å²) in [6, 6.07) is 7.06. The van der Waals surface area contributed by atoms with E-state index in [1.54, 1.807) is 24.3 Å². The van der Waals surface area contributed by atoms with E-state index >= 15 is 0 Å². The molecule has 0 unspecified atom stereocenters. The molecule has 1 heterocycles. The number of carbonyl (C=O) groups is 2. The van der Waals surface area contributed by atoms with Gasteiger partial charge in [0.05, 0.1) is 10.9 Å². The monoisotopic (exact) mass is 456 g/mol. The molecular formula is C25H36N4O4. The highest BCUT2D eigenvalue weighted by Crippen LogP contribution is 2.17. The number of hydrogen-bond acceptors (Lipinski definition) is 4. The Morgan fingerprint density at radius 3 is 2.45 bits per heavy atom. The van der Waals surface area contributed by atoms with E-state index in [1.807, 2.05) is 13.8 Å². The molecule has 0 radical (unpaired) electrons. The molecular weight excluding hydrogens is 420 g/mol. The van der Waals surface area contributed by atoms with Crippen LogP contribution in [0.2, 0.25) is 0 Å². The Morgan fingerprint density at radius 1 is 1.00 bits per heavy atom. The second-order valence-electron chi connectivity index (χ2n) is 9.40. The number of unbranched alkanes of at least 4 members (excludes halogenated alkanes) is 1. The van der Waals surface area contributed by atoms with Gasteiger partial charge in [-0.05, 0) is 43.7 Å². The van der Waals surface area contributed by atoms with Gasteiger partial charge in [0.2, 0.25) is 11.8 Å². The topological polar surface area (TPSA) is 102 Å². The van der Waals surface area contributed by atoms with Crippen LogP contribution in [0.5, 0.6) is 0 Å². The minimum Gasteiger partial charge on any atom is -0.356 e. The normalized spacial score (nSPS) is 14.5. The third kappa shape index (κ3) is 6.79. The number of benzene rings is 1. The lowest BCUT2D eigenvalue weighted by molar-refractivity contribution is -0.123. The molecule has 0 bridgehead atoms. The summed E-state index contributed by atoms with van der Waals surface area (Å²) in [6.45, 7) is 4.80. The predicted molar refractivity (Wildman–Crippen MR) is 129 cm³/mol. The molecule has 2 N–H and O–H groups in total. The lowest BCUT2D eigenvalue weighted by atomic mass is 9.95. The average Bonchev–Trinajstić information content (AvgIpc) is 2.80. The third-order valence-electron chi connectivity index (χ3n) is 6.15. The molecule has 180 valence electrons. The highest BCUT2D eigenvalue weighted by atomic mass is 16.2. The summed E-state index contributed by atoms with van der Waals surface area (Å²) in [6.07, 6.45) is 6.79. The van der Waals surface area contributed by atoms with Crippen molar-refractivity contribution in [3.8, 4) is 0 Å². The summed E-state index contributed by atoms with van der Waals surface area (Å²) in [5.74, 6) is 0.159. The molecule has 1 fully saturated rings. The first-order valence-electron chi connectivity index (χ1n) is 12.1. The van der Waals surface area contributed by atoms with Crippen LogP contribution in [0.3, 0.4) is 0 Å². The van der Waals surface area contributed by atoms with Crippen LogP contribution in [0.4, 0.5) is 0 Å². The number of carbonyl (C=O) groups excluding carboxylic acids is 2. The molecule has 1 aromatic heterocycles. The summed E-state index contributed by atoms with van der Waals surface area (Å²) in [5, 5.41) is 6.34. The molecule has 0 spiro atoms. The number of aromatic nitrogens is 2. The van der Waals surface area contributed by atoms with Crippen molar-refractivity contribution in [3.63, 3.8) is 0 Å². The van der Waals surface area contributed by atoms with Crippen molar-refractivity contribution >= 4 is 22.7 Å². The van der Waals surface area contributed by atoms with Crippen LogP contribution in [0.25, 0.3) is 10.9 Å². The number of nitrogens with one attached hydrogen (secondary N) is 2. The van der Waals surface area contributed by atoms with Gasteiger partial charge >= 0.3 is 5.69 Å². The average molecular weight is 457 g/mol. The van der Waals surface area contributed by atoms with Gasteiger partial charge in [-0.2, -0.15) is 0 Å². The highest BCUT2D eigenvalue weighted by molar-refractivity contribution is 5.81. The second-order valence-corrected chi connectivity index (χ2v) is 9.40. The summed E-state index contributed by atoms with van der Waals surface area (Å²) < 4.78 is 2.59. The maximum Gasteiger partial charge on any atom is 0.331 e. The first-order chi connectivity index (χ1) is 15.9. The first-order valence-corrected chi connectivity index (χ1v) is 12.1. The lowest BCUT2D eigenvalue weighted by Gasteiger charge is -2.23. The van der Waals surface area contributed by atoms with Crippen LogP contribution >= 0.6 is 0 Å². The summed E-state index contributed by atoms with van der Waals surface area (Å²) in [5.41, 5.74) is -0.374. The Bertz CT molecular complexity index is 1080. The fraction of sp³-hybridized carbons (Fsp3) is 0.600. The lowest BCUT2D eigenvalue weighted by Crippen LogP contribution is -2.44. The standard InChI is InChI=1S/C25H36N4O4/c1-18(2)16-26-22(30)14-8-9-15-28-24(32)20-12-6-7-13-21(20)29(25(28)33)17-23(31)27-19-10-4-3-5-11-19/h6-7,12-13,18-19H,3-5,8-11,14-17H2,1-2H3,(H,26,30)(H,27,31). The fourth-order valence-corrected chi connectivity index (χ4v) is 4.35. The van der Waals surface area contributed by atoms with Gasteiger partial charge in [0.25, 0.3) is 5.56 Å². The minimum absolute atomic E-state index is 0.0219. The smallest absolute Gasteiger partial charge is 0.331 e. The van der Waals surface area contributed by atoms with E-state index in [0.29, 0.717) is 42.6 Å². The Hall–Kier alpha value is -2.90. The molecule has 1 aliphatic carbocycles. The van der Waals surface area contributed by atoms with Crippen LogP contribution < -0.4 is 21.9 Å². The first kappa shape index (κ1) is 24.7. The van der Waals surface area contributed by atoms with E-state index in [0.717, 1.165) is 25.7 Å². The van der Waals surface area contributed by atoms with Gasteiger partial charge in [0, 0.05) is 25.6 Å². The van der Waals surface area contributed by atoms with Crippen molar-refractivity contribution in [1.29, 1.82) is 0 Å². The largest absolute Gasteiger partial charge is 0.356 e. The van der Waals surface area contributed by atoms with Gasteiger partial charge < -0.3 is 10.6 Å². The van der Waals surface area contributed by atoms with Gasteiger partial charge in [-0.1, -0.05) is 45.2 Å². The number of para-hydroxylation sites is 1. The molecule has 2 aromatic rings. The number of fused-ring (bicyclic) bond motifs is 1. The molecule has 0 saturated heterocycles. The van der Waals surface area contributed by atoms with E-state index < -0.39 is 5.69 Å². The molecule has 0 aliphatic heterocycles. The highest BCUT2D eigenvalue weighted by Gasteiger charge is 2.19. The summed E-state index contributed by atoms with van der Waals surface area (Å²) >= 11 is 0. The van der Waals surface area contributed by atoms with Crippen molar-refractivity contribution in [2.45, 2.75) is 84.3 Å². The van der Waals surface area contributed by atoms with Crippen LogP contribution in [-0.2, 0) is 22.7 Å². The molecule has 3 rings (SSSR count). The third-order valence-corrected chi connectivity index (χ3v) is 6.15. The molecule has 2 amide bonds. The molecule has 8 heteroatoms. The SMILES string of the molecule is CC(C)CNC(=O)CCCCn1c(=O)c2ccccc2n(CC(=O)NC2CCCCC2)c1=O. The molecule has 1 saturated carbocycles. The second kappa shape index (κ2) is 11.8. The zero-order chi connectivity index (χ0) is 23.8. The molecule has 33 heavy (non-hydrogen) atoms. The van der Waals surface area contributed by atoms with Crippen LogP contribution in [0.1, 0.15) is 65.2 Å². The predicted octanol–water partition coefficient (Wildman–Crippen LogP) is 2.55.